The number of nitrogens with zero attached hydrogens (tertiary/aromatic N) is 2. The molecule has 0 saturated heterocycles. The Hall–Kier alpha value is -4.53. The molecule has 9 heteroatoms. The molecule has 1 heterocycles. The van der Waals surface area contributed by atoms with Gasteiger partial charge in [-0.2, -0.15) is 0 Å². The molecule has 204 valence electrons. The minimum atomic E-state index is -0.569. The Kier molecular flexibility index (Phi) is 9.27. The standard InChI is InChI=1S/C31H32BFN4O3/c1-3-6-28-27(30(38)37(20(2)35-28)23-13-15-24(16-14-23)40-18-17-33)19-21-9-11-22(12-10-21)25-7-4-5-8-26(25)29(34)36-31(32)39/h4-5,7-16H,3,6,17-19,32H2,1-2H3,(H2,34,36,39). The number of halogens is 1. The molecule has 2 N–H and O–H groups in total. The van der Waals surface area contributed by atoms with E-state index in [1.165, 1.54) is 7.85 Å². The van der Waals surface area contributed by atoms with Crippen LogP contribution in [0.15, 0.2) is 77.6 Å². The van der Waals surface area contributed by atoms with Crippen LogP contribution < -0.4 is 15.6 Å². The van der Waals surface area contributed by atoms with Crippen molar-refractivity contribution in [3.05, 3.63) is 111 Å². The first-order chi connectivity index (χ1) is 19.3. The second-order valence-electron chi connectivity index (χ2n) is 9.48. The van der Waals surface area contributed by atoms with Crippen molar-refractivity contribution in [3.8, 4) is 22.6 Å². The zero-order valence-electron chi connectivity index (χ0n) is 23.0. The Morgan fingerprint density at radius 3 is 2.42 bits per heavy atom. The average molecular weight is 538 g/mol. The third-order valence-corrected chi connectivity index (χ3v) is 6.50. The van der Waals surface area contributed by atoms with E-state index in [4.69, 9.17) is 15.1 Å². The molecular weight excluding hydrogens is 506 g/mol. The van der Waals surface area contributed by atoms with Crippen molar-refractivity contribution in [1.29, 1.82) is 5.41 Å². The smallest absolute Gasteiger partial charge is 0.261 e. The lowest BCUT2D eigenvalue weighted by atomic mass is 9.95. The summed E-state index contributed by atoms with van der Waals surface area (Å²) in [5, 5.41) is 10.8. The highest BCUT2D eigenvalue weighted by atomic mass is 19.1. The molecule has 1 amide bonds. The van der Waals surface area contributed by atoms with Gasteiger partial charge in [-0.15, -0.1) is 0 Å². The number of aryl methyl sites for hydroxylation is 2. The van der Waals surface area contributed by atoms with Crippen LogP contribution in [0.5, 0.6) is 5.75 Å². The van der Waals surface area contributed by atoms with E-state index < -0.39 is 6.67 Å². The fourth-order valence-electron chi connectivity index (χ4n) is 4.69. The first-order valence-electron chi connectivity index (χ1n) is 13.3. The maximum Gasteiger partial charge on any atom is 0.261 e. The molecule has 0 unspecified atom stereocenters. The third-order valence-electron chi connectivity index (χ3n) is 6.50. The Morgan fingerprint density at radius 2 is 1.77 bits per heavy atom. The lowest BCUT2D eigenvalue weighted by Gasteiger charge is -2.16. The van der Waals surface area contributed by atoms with E-state index in [0.717, 1.165) is 28.8 Å². The Labute approximate surface area is 234 Å². The first-order valence-corrected chi connectivity index (χ1v) is 13.3. The first kappa shape index (κ1) is 28.5. The molecule has 0 atom stereocenters. The van der Waals surface area contributed by atoms with Crippen molar-refractivity contribution < 1.29 is 13.9 Å². The maximum absolute atomic E-state index is 13.8. The number of benzene rings is 3. The minimum Gasteiger partial charge on any atom is -0.491 e. The summed E-state index contributed by atoms with van der Waals surface area (Å²) in [5.41, 5.74) is 5.30. The van der Waals surface area contributed by atoms with Crippen molar-refractivity contribution in [2.45, 2.75) is 33.1 Å². The third kappa shape index (κ3) is 6.54. The summed E-state index contributed by atoms with van der Waals surface area (Å²) < 4.78 is 19.4. The predicted molar refractivity (Wildman–Crippen MR) is 159 cm³/mol. The Bertz CT molecular complexity index is 1570. The number of ether oxygens (including phenoxy) is 1. The van der Waals surface area contributed by atoms with Crippen LogP contribution >= 0.6 is 0 Å². The molecule has 4 rings (SSSR count). The van der Waals surface area contributed by atoms with Crippen LogP contribution in [0.3, 0.4) is 0 Å². The molecule has 40 heavy (non-hydrogen) atoms. The van der Waals surface area contributed by atoms with Crippen LogP contribution in [-0.4, -0.2) is 42.3 Å². The molecule has 0 aliphatic carbocycles. The largest absolute Gasteiger partial charge is 0.491 e. The van der Waals surface area contributed by atoms with Gasteiger partial charge in [0.05, 0.1) is 11.4 Å². The van der Waals surface area contributed by atoms with Crippen molar-refractivity contribution in [2.75, 3.05) is 13.3 Å². The maximum atomic E-state index is 13.8. The van der Waals surface area contributed by atoms with Gasteiger partial charge in [-0.25, -0.2) is 9.37 Å². The van der Waals surface area contributed by atoms with E-state index in [9.17, 15) is 14.0 Å². The van der Waals surface area contributed by atoms with Gasteiger partial charge >= 0.3 is 0 Å². The predicted octanol–water partition coefficient (Wildman–Crippen LogP) is 4.77. The second-order valence-corrected chi connectivity index (χ2v) is 9.48. The summed E-state index contributed by atoms with van der Waals surface area (Å²) in [6, 6.07) is 22.3. The lowest BCUT2D eigenvalue weighted by Crippen LogP contribution is -2.29. The van der Waals surface area contributed by atoms with E-state index in [-0.39, 0.29) is 23.8 Å². The van der Waals surface area contributed by atoms with Gasteiger partial charge in [-0.05, 0) is 54.3 Å². The van der Waals surface area contributed by atoms with Gasteiger partial charge < -0.3 is 10.1 Å². The van der Waals surface area contributed by atoms with Gasteiger partial charge in [0.2, 0.25) is 7.85 Å². The SMILES string of the molecule is BC(=O)NC(=N)c1ccccc1-c1ccc(Cc2c(CCC)nc(C)n(-c3ccc(OCCF)cc3)c2=O)cc1. The summed E-state index contributed by atoms with van der Waals surface area (Å²) in [6.45, 7) is 3.30. The summed E-state index contributed by atoms with van der Waals surface area (Å²) in [5.74, 6) is 0.890. The zero-order valence-corrected chi connectivity index (χ0v) is 23.0. The molecule has 1 aromatic heterocycles. The average Bonchev–Trinajstić information content (AvgIpc) is 2.95. The normalized spacial score (nSPS) is 10.8. The van der Waals surface area contributed by atoms with Crippen LogP contribution in [0.25, 0.3) is 16.8 Å². The quantitative estimate of drug-likeness (QED) is 0.173. The molecule has 4 aromatic rings. The van der Waals surface area contributed by atoms with E-state index in [1.54, 1.807) is 34.9 Å². The molecule has 7 nitrogen and oxygen atoms in total. The van der Waals surface area contributed by atoms with E-state index in [0.29, 0.717) is 41.2 Å². The zero-order chi connectivity index (χ0) is 28.6. The van der Waals surface area contributed by atoms with Crippen molar-refractivity contribution >= 4 is 19.5 Å². The highest BCUT2D eigenvalue weighted by Gasteiger charge is 2.17. The highest BCUT2D eigenvalue weighted by Crippen LogP contribution is 2.25. The van der Waals surface area contributed by atoms with Gasteiger partial charge in [0, 0.05) is 17.5 Å². The molecular formula is C31H32BFN4O3. The number of amidine groups is 1. The van der Waals surface area contributed by atoms with E-state index >= 15 is 0 Å². The summed E-state index contributed by atoms with van der Waals surface area (Å²) in [7, 11) is 1.38. The number of amides is 1. The number of aromatic nitrogens is 2. The summed E-state index contributed by atoms with van der Waals surface area (Å²) in [6.07, 6.45) is 1.97. The number of rotatable bonds is 10. The molecule has 0 radical (unpaired) electrons. The van der Waals surface area contributed by atoms with Crippen LogP contribution in [-0.2, 0) is 12.8 Å². The van der Waals surface area contributed by atoms with Gasteiger partial charge in [0.25, 0.3) is 5.56 Å². The van der Waals surface area contributed by atoms with Gasteiger partial charge in [0.15, 0.2) is 5.81 Å². The monoisotopic (exact) mass is 538 g/mol. The number of nitrogens with one attached hydrogen (secondary N) is 2. The van der Waals surface area contributed by atoms with Crippen molar-refractivity contribution in [2.24, 2.45) is 0 Å². The van der Waals surface area contributed by atoms with Gasteiger partial charge in [-0.1, -0.05) is 61.9 Å². The van der Waals surface area contributed by atoms with Crippen LogP contribution in [0.4, 0.5) is 9.18 Å². The number of carbonyl (C=O) groups excluding carboxylic acids is 1. The van der Waals surface area contributed by atoms with Crippen LogP contribution in [0.2, 0.25) is 0 Å². The van der Waals surface area contributed by atoms with Gasteiger partial charge in [0.1, 0.15) is 30.7 Å². The molecule has 0 bridgehead atoms. The Morgan fingerprint density at radius 1 is 1.07 bits per heavy atom. The summed E-state index contributed by atoms with van der Waals surface area (Å²) in [4.78, 5) is 30.1. The van der Waals surface area contributed by atoms with Crippen LogP contribution in [0, 0.1) is 12.3 Å². The fourth-order valence-corrected chi connectivity index (χ4v) is 4.69. The van der Waals surface area contributed by atoms with Crippen molar-refractivity contribution in [3.63, 3.8) is 0 Å². The number of carbonyl (C=O) groups is 1. The molecule has 0 fully saturated rings. The Balaban J connectivity index is 1.67. The molecule has 3 aromatic carbocycles. The van der Waals surface area contributed by atoms with Gasteiger partial charge in [-0.3, -0.25) is 19.6 Å². The summed E-state index contributed by atoms with van der Waals surface area (Å²) >= 11 is 0. The fraction of sp³-hybridized carbons (Fsp3) is 0.226. The number of alkyl halides is 1. The van der Waals surface area contributed by atoms with Crippen molar-refractivity contribution in [1.82, 2.24) is 14.9 Å². The lowest BCUT2D eigenvalue weighted by molar-refractivity contribution is 0.263. The topological polar surface area (TPSA) is 97.1 Å². The molecule has 0 spiro atoms. The number of hydrogen-bond donors (Lipinski definition) is 2. The molecule has 0 saturated carbocycles. The second kappa shape index (κ2) is 13.0. The van der Waals surface area contributed by atoms with E-state index in [1.807, 2.05) is 49.4 Å². The number of hydrogen-bond acceptors (Lipinski definition) is 5. The van der Waals surface area contributed by atoms with E-state index in [2.05, 4.69) is 12.2 Å². The van der Waals surface area contributed by atoms with Crippen LogP contribution in [0.1, 0.15) is 41.6 Å². The highest BCUT2D eigenvalue weighted by molar-refractivity contribution is 6.58. The molecule has 0 aliphatic rings. The molecule has 0 aliphatic heterocycles. The minimum absolute atomic E-state index is 0.0159.